The van der Waals surface area contributed by atoms with Gasteiger partial charge in [-0.1, -0.05) is 18.9 Å². The summed E-state index contributed by atoms with van der Waals surface area (Å²) in [6.45, 7) is 4.13. The van der Waals surface area contributed by atoms with Crippen LogP contribution in [0.5, 0.6) is 0 Å². The van der Waals surface area contributed by atoms with Gasteiger partial charge in [-0.3, -0.25) is 0 Å². The average molecular weight is 282 g/mol. The first-order valence-electron chi connectivity index (χ1n) is 6.78. The molecule has 1 aromatic carbocycles. The van der Waals surface area contributed by atoms with Crippen LogP contribution >= 0.6 is 0 Å². The molecule has 3 N–H and O–H groups in total. The fraction of sp³-hybridized carbons (Fsp3) is 0.571. The Bertz CT molecular complexity index is 549. The highest BCUT2D eigenvalue weighted by molar-refractivity contribution is 7.89. The van der Waals surface area contributed by atoms with Crippen LogP contribution in [0.2, 0.25) is 0 Å². The van der Waals surface area contributed by atoms with Crippen LogP contribution in [-0.2, 0) is 10.0 Å². The third-order valence-electron chi connectivity index (χ3n) is 4.03. The standard InChI is InChI=1S/C14H22N2O2S/c1-10-7-8-13(19(15,17)18)9-14(10)16-11(2)12-5-3-4-6-12/h7-9,11-12,16H,3-6H2,1-2H3,(H2,15,17,18). The molecule has 0 bridgehead atoms. The molecule has 0 aliphatic heterocycles. The number of hydrogen-bond acceptors (Lipinski definition) is 3. The Hall–Kier alpha value is -1.07. The molecular formula is C14H22N2O2S. The van der Waals surface area contributed by atoms with Crippen molar-refractivity contribution in [3.63, 3.8) is 0 Å². The molecule has 1 unspecified atom stereocenters. The van der Waals surface area contributed by atoms with Crippen molar-refractivity contribution in [2.75, 3.05) is 5.32 Å². The number of primary sulfonamides is 1. The molecule has 1 saturated carbocycles. The summed E-state index contributed by atoms with van der Waals surface area (Å²) in [4.78, 5) is 0.166. The van der Waals surface area contributed by atoms with Crippen LogP contribution in [0.25, 0.3) is 0 Å². The quantitative estimate of drug-likeness (QED) is 0.891. The number of hydrogen-bond donors (Lipinski definition) is 2. The van der Waals surface area contributed by atoms with Crippen LogP contribution in [0.3, 0.4) is 0 Å². The molecular weight excluding hydrogens is 260 g/mol. The molecule has 0 spiro atoms. The molecule has 2 rings (SSSR count). The van der Waals surface area contributed by atoms with Gasteiger partial charge in [0.2, 0.25) is 10.0 Å². The topological polar surface area (TPSA) is 72.2 Å². The number of nitrogens with one attached hydrogen (secondary N) is 1. The van der Waals surface area contributed by atoms with Crippen LogP contribution in [0, 0.1) is 12.8 Å². The minimum absolute atomic E-state index is 0.166. The number of anilines is 1. The van der Waals surface area contributed by atoms with Gasteiger partial charge < -0.3 is 5.32 Å². The van der Waals surface area contributed by atoms with E-state index >= 15 is 0 Å². The van der Waals surface area contributed by atoms with Crippen molar-refractivity contribution < 1.29 is 8.42 Å². The fourth-order valence-corrected chi connectivity index (χ4v) is 3.29. The van der Waals surface area contributed by atoms with Crippen LogP contribution in [0.4, 0.5) is 5.69 Å². The summed E-state index contributed by atoms with van der Waals surface area (Å²) < 4.78 is 22.8. The first-order chi connectivity index (χ1) is 8.88. The molecule has 1 aliphatic rings. The van der Waals surface area contributed by atoms with Crippen molar-refractivity contribution in [2.45, 2.75) is 50.5 Å². The highest BCUT2D eigenvalue weighted by atomic mass is 32.2. The average Bonchev–Trinajstić information content (AvgIpc) is 2.84. The molecule has 0 aromatic heterocycles. The van der Waals surface area contributed by atoms with Gasteiger partial charge in [0.15, 0.2) is 0 Å². The molecule has 19 heavy (non-hydrogen) atoms. The Kier molecular flexibility index (Phi) is 4.16. The van der Waals surface area contributed by atoms with Crippen molar-refractivity contribution in [2.24, 2.45) is 11.1 Å². The van der Waals surface area contributed by atoms with Gasteiger partial charge in [0.1, 0.15) is 0 Å². The number of aryl methyl sites for hydroxylation is 1. The summed E-state index contributed by atoms with van der Waals surface area (Å²) in [5, 5.41) is 8.62. The lowest BCUT2D eigenvalue weighted by atomic mass is 9.99. The third-order valence-corrected chi connectivity index (χ3v) is 4.94. The Morgan fingerprint density at radius 3 is 2.53 bits per heavy atom. The van der Waals surface area contributed by atoms with E-state index in [1.54, 1.807) is 18.2 Å². The van der Waals surface area contributed by atoms with Crippen molar-refractivity contribution in [1.29, 1.82) is 0 Å². The van der Waals surface area contributed by atoms with Gasteiger partial charge in [-0.2, -0.15) is 0 Å². The maximum absolute atomic E-state index is 11.4. The van der Waals surface area contributed by atoms with Crippen LogP contribution in [-0.4, -0.2) is 14.5 Å². The van der Waals surface area contributed by atoms with E-state index in [4.69, 9.17) is 5.14 Å². The lowest BCUT2D eigenvalue weighted by Gasteiger charge is -2.23. The predicted molar refractivity (Wildman–Crippen MR) is 77.6 cm³/mol. The number of benzene rings is 1. The van der Waals surface area contributed by atoms with E-state index in [1.165, 1.54) is 25.7 Å². The van der Waals surface area contributed by atoms with E-state index in [2.05, 4.69) is 12.2 Å². The SMILES string of the molecule is Cc1ccc(S(N)(=O)=O)cc1NC(C)C1CCCC1. The van der Waals surface area contributed by atoms with Crippen molar-refractivity contribution in [3.05, 3.63) is 23.8 Å². The smallest absolute Gasteiger partial charge is 0.238 e. The summed E-state index contributed by atoms with van der Waals surface area (Å²) in [5.74, 6) is 0.678. The van der Waals surface area contributed by atoms with Gasteiger partial charge in [-0.15, -0.1) is 0 Å². The van der Waals surface area contributed by atoms with E-state index in [1.807, 2.05) is 6.92 Å². The van der Waals surface area contributed by atoms with E-state index < -0.39 is 10.0 Å². The fourth-order valence-electron chi connectivity index (χ4n) is 2.75. The molecule has 1 atom stereocenters. The largest absolute Gasteiger partial charge is 0.382 e. The minimum atomic E-state index is -3.64. The van der Waals surface area contributed by atoms with Gasteiger partial charge in [0, 0.05) is 11.7 Å². The lowest BCUT2D eigenvalue weighted by molar-refractivity contribution is 0.482. The maximum atomic E-state index is 11.4. The second-order valence-electron chi connectivity index (χ2n) is 5.50. The Balaban J connectivity index is 2.19. The zero-order valence-corrected chi connectivity index (χ0v) is 12.3. The molecule has 4 nitrogen and oxygen atoms in total. The van der Waals surface area contributed by atoms with Crippen LogP contribution < -0.4 is 10.5 Å². The molecule has 106 valence electrons. The van der Waals surface area contributed by atoms with E-state index in [0.29, 0.717) is 12.0 Å². The highest BCUT2D eigenvalue weighted by Gasteiger charge is 2.22. The van der Waals surface area contributed by atoms with Crippen LogP contribution in [0.15, 0.2) is 23.1 Å². The molecule has 0 radical (unpaired) electrons. The second kappa shape index (κ2) is 5.51. The summed E-state index contributed by atoms with van der Waals surface area (Å²) in [7, 11) is -3.64. The van der Waals surface area contributed by atoms with Gasteiger partial charge in [-0.25, -0.2) is 13.6 Å². The molecule has 0 saturated heterocycles. The van der Waals surface area contributed by atoms with Crippen molar-refractivity contribution in [1.82, 2.24) is 0 Å². The minimum Gasteiger partial charge on any atom is -0.382 e. The van der Waals surface area contributed by atoms with Crippen LogP contribution in [0.1, 0.15) is 38.2 Å². The predicted octanol–water partition coefficient (Wildman–Crippen LogP) is 2.63. The van der Waals surface area contributed by atoms with E-state index in [0.717, 1.165) is 11.3 Å². The third kappa shape index (κ3) is 3.48. The molecule has 1 aliphatic carbocycles. The Morgan fingerprint density at radius 1 is 1.32 bits per heavy atom. The van der Waals surface area contributed by atoms with Gasteiger partial charge in [0.25, 0.3) is 0 Å². The normalized spacial score (nSPS) is 18.5. The van der Waals surface area contributed by atoms with Gasteiger partial charge in [-0.05, 0) is 50.3 Å². The maximum Gasteiger partial charge on any atom is 0.238 e. The van der Waals surface area contributed by atoms with Gasteiger partial charge >= 0.3 is 0 Å². The van der Waals surface area contributed by atoms with Crippen molar-refractivity contribution >= 4 is 15.7 Å². The Labute approximate surface area is 115 Å². The summed E-state index contributed by atoms with van der Waals surface area (Å²) >= 11 is 0. The first-order valence-corrected chi connectivity index (χ1v) is 8.32. The first kappa shape index (κ1) is 14.3. The zero-order valence-electron chi connectivity index (χ0n) is 11.5. The van der Waals surface area contributed by atoms with E-state index in [-0.39, 0.29) is 4.90 Å². The number of rotatable bonds is 4. The summed E-state index contributed by atoms with van der Waals surface area (Å²) in [6, 6.07) is 5.34. The van der Waals surface area contributed by atoms with E-state index in [9.17, 15) is 8.42 Å². The molecule has 0 amide bonds. The van der Waals surface area contributed by atoms with Gasteiger partial charge in [0.05, 0.1) is 4.90 Å². The molecule has 1 fully saturated rings. The molecule has 0 heterocycles. The summed E-state index contributed by atoms with van der Waals surface area (Å²) in [5.41, 5.74) is 1.91. The highest BCUT2D eigenvalue weighted by Crippen LogP contribution is 2.30. The molecule has 1 aromatic rings. The van der Waals surface area contributed by atoms with Crippen molar-refractivity contribution in [3.8, 4) is 0 Å². The zero-order chi connectivity index (χ0) is 14.0. The second-order valence-corrected chi connectivity index (χ2v) is 7.06. The molecule has 5 heteroatoms. The monoisotopic (exact) mass is 282 g/mol. The number of nitrogens with two attached hydrogens (primary N) is 1. The summed E-state index contributed by atoms with van der Waals surface area (Å²) in [6.07, 6.45) is 5.10. The number of sulfonamides is 1. The Morgan fingerprint density at radius 2 is 1.95 bits per heavy atom. The lowest BCUT2D eigenvalue weighted by Crippen LogP contribution is -2.24.